The van der Waals surface area contributed by atoms with Crippen molar-refractivity contribution in [3.05, 3.63) is 59.5 Å². The highest BCUT2D eigenvalue weighted by Crippen LogP contribution is 2.38. The van der Waals surface area contributed by atoms with Crippen molar-refractivity contribution < 1.29 is 28.6 Å². The Hall–Kier alpha value is -3.39. The van der Waals surface area contributed by atoms with E-state index in [1.807, 2.05) is 0 Å². The fraction of sp³-hybridized carbons (Fsp3) is 0.238. The van der Waals surface area contributed by atoms with Crippen molar-refractivity contribution in [3.63, 3.8) is 0 Å². The van der Waals surface area contributed by atoms with Crippen LogP contribution in [0.5, 0.6) is 11.5 Å². The molecule has 0 atom stereocenters. The van der Waals surface area contributed by atoms with E-state index in [4.69, 9.17) is 9.47 Å². The number of rotatable bonds is 7. The Labute approximate surface area is 167 Å². The molecule has 1 aliphatic rings. The molecule has 0 unspecified atom stereocenters. The largest absolute Gasteiger partial charge is 0.493 e. The number of halogens is 1. The quantitative estimate of drug-likeness (QED) is 0.717. The van der Waals surface area contributed by atoms with Gasteiger partial charge in [-0.05, 0) is 29.8 Å². The van der Waals surface area contributed by atoms with Crippen LogP contribution in [0.4, 0.5) is 10.1 Å². The van der Waals surface area contributed by atoms with Crippen LogP contribution < -0.4 is 14.4 Å². The van der Waals surface area contributed by atoms with E-state index in [1.165, 1.54) is 37.3 Å². The number of hydrogen-bond donors (Lipinski definition) is 1. The monoisotopic (exact) mass is 400 g/mol. The highest BCUT2D eigenvalue weighted by molar-refractivity contribution is 6.45. The highest BCUT2D eigenvalue weighted by atomic mass is 19.1. The van der Waals surface area contributed by atoms with Crippen LogP contribution in [0.1, 0.15) is 5.56 Å². The number of para-hydroxylation sites is 1. The summed E-state index contributed by atoms with van der Waals surface area (Å²) in [6.45, 7) is -0.101. The molecule has 0 aliphatic carbocycles. The molecule has 29 heavy (non-hydrogen) atoms. The number of carbonyl (C=O) groups is 2. The van der Waals surface area contributed by atoms with Gasteiger partial charge < -0.3 is 19.5 Å². The van der Waals surface area contributed by atoms with Crippen molar-refractivity contribution in [3.8, 4) is 11.5 Å². The summed E-state index contributed by atoms with van der Waals surface area (Å²) in [5, 5.41) is 9.31. The number of aliphatic hydroxyl groups excluding tert-OH is 1. The van der Waals surface area contributed by atoms with E-state index >= 15 is 0 Å². The lowest BCUT2D eigenvalue weighted by atomic mass is 10.0. The normalized spacial score (nSPS) is 13.9. The first kappa shape index (κ1) is 20.3. The predicted octanol–water partition coefficient (Wildman–Crippen LogP) is 2.05. The predicted molar refractivity (Wildman–Crippen MR) is 105 cm³/mol. The summed E-state index contributed by atoms with van der Waals surface area (Å²) in [6.07, 6.45) is 0. The summed E-state index contributed by atoms with van der Waals surface area (Å²) in [6, 6.07) is 10.4. The minimum atomic E-state index is -0.688. The maximum Gasteiger partial charge on any atom is 0.282 e. The van der Waals surface area contributed by atoms with E-state index in [-0.39, 0.29) is 30.1 Å². The van der Waals surface area contributed by atoms with E-state index in [2.05, 4.69) is 0 Å². The number of benzene rings is 2. The molecule has 2 amide bonds. The van der Waals surface area contributed by atoms with Crippen LogP contribution in [0.2, 0.25) is 0 Å². The number of likely N-dealkylation sites (N-methyl/N-ethyl adjacent to an activating group) is 1. The number of anilines is 1. The third-order valence-corrected chi connectivity index (χ3v) is 4.64. The lowest BCUT2D eigenvalue weighted by molar-refractivity contribution is -0.120. The Morgan fingerprint density at radius 3 is 2.34 bits per heavy atom. The van der Waals surface area contributed by atoms with Gasteiger partial charge in [0.15, 0.2) is 11.5 Å². The maximum absolute atomic E-state index is 14.4. The molecular formula is C21H21FN2O5. The summed E-state index contributed by atoms with van der Waals surface area (Å²) in [7, 11) is 4.53. The fourth-order valence-corrected chi connectivity index (χ4v) is 3.24. The lowest BCUT2D eigenvalue weighted by Crippen LogP contribution is -2.35. The average Bonchev–Trinajstić information content (AvgIpc) is 2.98. The van der Waals surface area contributed by atoms with Gasteiger partial charge in [0.2, 0.25) is 0 Å². The summed E-state index contributed by atoms with van der Waals surface area (Å²) in [5.41, 5.74) is 0.446. The Morgan fingerprint density at radius 2 is 1.72 bits per heavy atom. The van der Waals surface area contributed by atoms with Crippen LogP contribution in [0.15, 0.2) is 48.2 Å². The minimum Gasteiger partial charge on any atom is -0.493 e. The summed E-state index contributed by atoms with van der Waals surface area (Å²) >= 11 is 0. The van der Waals surface area contributed by atoms with Crippen molar-refractivity contribution >= 4 is 23.1 Å². The molecular weight excluding hydrogens is 379 g/mol. The highest BCUT2D eigenvalue weighted by Gasteiger charge is 2.42. The zero-order chi connectivity index (χ0) is 21.1. The first-order chi connectivity index (χ1) is 13.9. The van der Waals surface area contributed by atoms with Gasteiger partial charge in [-0.25, -0.2) is 9.29 Å². The van der Waals surface area contributed by atoms with Crippen LogP contribution in [-0.2, 0) is 9.59 Å². The van der Waals surface area contributed by atoms with Gasteiger partial charge in [-0.1, -0.05) is 18.2 Å². The van der Waals surface area contributed by atoms with Crippen molar-refractivity contribution in [1.82, 2.24) is 4.90 Å². The molecule has 2 aromatic carbocycles. The minimum absolute atomic E-state index is 0.0690. The molecule has 0 saturated heterocycles. The number of hydrogen-bond acceptors (Lipinski definition) is 6. The molecule has 1 N–H and O–H groups in total. The molecule has 0 aromatic heterocycles. The van der Waals surface area contributed by atoms with Crippen LogP contribution in [0, 0.1) is 5.82 Å². The molecule has 152 valence electrons. The lowest BCUT2D eigenvalue weighted by Gasteiger charge is -2.20. The van der Waals surface area contributed by atoms with Gasteiger partial charge in [0.05, 0.1) is 32.1 Å². The van der Waals surface area contributed by atoms with Crippen LogP contribution >= 0.6 is 0 Å². The first-order valence-electron chi connectivity index (χ1n) is 8.86. The molecule has 1 aliphatic heterocycles. The van der Waals surface area contributed by atoms with E-state index in [9.17, 15) is 19.1 Å². The van der Waals surface area contributed by atoms with Crippen molar-refractivity contribution in [1.29, 1.82) is 0 Å². The number of aliphatic hydroxyl groups is 1. The van der Waals surface area contributed by atoms with Crippen molar-refractivity contribution in [2.75, 3.05) is 39.3 Å². The number of nitrogens with zero attached hydrogens (tertiary/aromatic N) is 2. The smallest absolute Gasteiger partial charge is 0.282 e. The SMILES string of the molecule is COc1ccc(C2=C(N(C)CCO)C(=O)N(c3ccccc3F)C2=O)cc1OC. The van der Waals surface area contributed by atoms with Crippen LogP contribution in [0.3, 0.4) is 0 Å². The molecule has 2 aromatic rings. The summed E-state index contributed by atoms with van der Waals surface area (Å²) in [4.78, 5) is 28.7. The van der Waals surface area contributed by atoms with Gasteiger partial charge in [0.25, 0.3) is 11.8 Å². The average molecular weight is 400 g/mol. The molecule has 0 fully saturated rings. The molecule has 0 bridgehead atoms. The molecule has 0 saturated carbocycles. The molecule has 0 spiro atoms. The Bertz CT molecular complexity index is 989. The zero-order valence-electron chi connectivity index (χ0n) is 16.3. The summed E-state index contributed by atoms with van der Waals surface area (Å²) in [5.74, 6) is -1.17. The van der Waals surface area contributed by atoms with Crippen LogP contribution in [0.25, 0.3) is 5.57 Å². The molecule has 8 heteroatoms. The van der Waals surface area contributed by atoms with E-state index in [1.54, 1.807) is 31.3 Å². The standard InChI is InChI=1S/C21H21FN2O5/c1-23(10-11-25)19-18(13-8-9-16(28-2)17(12-13)29-3)20(26)24(21(19)27)15-7-5-4-6-14(15)22/h4-9,12,25H,10-11H2,1-3H3. The molecule has 1 heterocycles. The second-order valence-electron chi connectivity index (χ2n) is 6.34. The molecule has 7 nitrogen and oxygen atoms in total. The fourth-order valence-electron chi connectivity index (χ4n) is 3.24. The number of amides is 2. The van der Waals surface area contributed by atoms with Gasteiger partial charge in [0.1, 0.15) is 11.5 Å². The Morgan fingerprint density at radius 1 is 1.03 bits per heavy atom. The van der Waals surface area contributed by atoms with Gasteiger partial charge >= 0.3 is 0 Å². The Balaban J connectivity index is 2.18. The zero-order valence-corrected chi connectivity index (χ0v) is 16.3. The summed E-state index contributed by atoms with van der Waals surface area (Å²) < 4.78 is 24.9. The van der Waals surface area contributed by atoms with Gasteiger partial charge in [0, 0.05) is 13.6 Å². The van der Waals surface area contributed by atoms with E-state index < -0.39 is 17.6 Å². The molecule has 0 radical (unpaired) electrons. The topological polar surface area (TPSA) is 79.3 Å². The number of carbonyl (C=O) groups excluding carboxylic acids is 2. The number of methoxy groups -OCH3 is 2. The third kappa shape index (κ3) is 3.54. The van der Waals surface area contributed by atoms with Gasteiger partial charge in [-0.15, -0.1) is 0 Å². The second kappa shape index (κ2) is 8.32. The molecule has 3 rings (SSSR count). The van der Waals surface area contributed by atoms with E-state index in [0.717, 1.165) is 4.90 Å². The van der Waals surface area contributed by atoms with E-state index in [0.29, 0.717) is 17.1 Å². The second-order valence-corrected chi connectivity index (χ2v) is 6.34. The number of imide groups is 1. The Kier molecular flexibility index (Phi) is 5.84. The third-order valence-electron chi connectivity index (χ3n) is 4.64. The first-order valence-corrected chi connectivity index (χ1v) is 8.86. The van der Waals surface area contributed by atoms with Crippen molar-refractivity contribution in [2.45, 2.75) is 0 Å². The van der Waals surface area contributed by atoms with Gasteiger partial charge in [-0.3, -0.25) is 9.59 Å². The number of ether oxygens (including phenoxy) is 2. The maximum atomic E-state index is 14.4. The van der Waals surface area contributed by atoms with Gasteiger partial charge in [-0.2, -0.15) is 0 Å². The van der Waals surface area contributed by atoms with Crippen molar-refractivity contribution in [2.24, 2.45) is 0 Å². The van der Waals surface area contributed by atoms with Crippen LogP contribution in [-0.4, -0.2) is 56.2 Å².